The molecule has 2 rings (SSSR count). The van der Waals surface area contributed by atoms with Crippen molar-refractivity contribution in [3.05, 3.63) is 65.7 Å². The maximum Gasteiger partial charge on any atom is 0.251 e. The summed E-state index contributed by atoms with van der Waals surface area (Å²) in [4.78, 5) is 13.1. The van der Waals surface area contributed by atoms with E-state index < -0.39 is 0 Å². The number of benzene rings is 2. The summed E-state index contributed by atoms with van der Waals surface area (Å²) in [6.45, 7) is 1.61. The summed E-state index contributed by atoms with van der Waals surface area (Å²) >= 11 is 1.78. The highest BCUT2D eigenvalue weighted by molar-refractivity contribution is 7.98. The molecular weight excluding hydrogens is 328 g/mol. The van der Waals surface area contributed by atoms with E-state index in [9.17, 15) is 4.79 Å². The third kappa shape index (κ3) is 7.08. The molecule has 124 valence electrons. The van der Waals surface area contributed by atoms with Gasteiger partial charge in [0, 0.05) is 22.8 Å². The molecule has 0 fully saturated rings. The molecule has 0 aliphatic carbocycles. The second kappa shape index (κ2) is 11.1. The highest BCUT2D eigenvalue weighted by Gasteiger charge is 2.04. The van der Waals surface area contributed by atoms with Crippen molar-refractivity contribution >= 4 is 30.1 Å². The van der Waals surface area contributed by atoms with Crippen molar-refractivity contribution in [2.75, 3.05) is 20.1 Å². The van der Waals surface area contributed by atoms with Gasteiger partial charge in [0.2, 0.25) is 0 Å². The first-order valence-corrected chi connectivity index (χ1v) is 8.48. The van der Waals surface area contributed by atoms with E-state index in [0.717, 1.165) is 18.7 Å². The summed E-state index contributed by atoms with van der Waals surface area (Å²) < 4.78 is 0. The maximum absolute atomic E-state index is 12.0. The predicted octanol–water partition coefficient (Wildman–Crippen LogP) is 3.74. The van der Waals surface area contributed by atoms with Crippen molar-refractivity contribution in [3.8, 4) is 0 Å². The Hall–Kier alpha value is -1.49. The van der Waals surface area contributed by atoms with Crippen LogP contribution in [0.25, 0.3) is 0 Å². The lowest BCUT2D eigenvalue weighted by Gasteiger charge is -2.06. The lowest BCUT2D eigenvalue weighted by molar-refractivity contribution is 0.0953. The van der Waals surface area contributed by atoms with Gasteiger partial charge in [-0.1, -0.05) is 30.3 Å². The van der Waals surface area contributed by atoms with Crippen molar-refractivity contribution in [1.82, 2.24) is 10.6 Å². The van der Waals surface area contributed by atoms with Crippen LogP contribution in [0.1, 0.15) is 22.3 Å². The van der Waals surface area contributed by atoms with Gasteiger partial charge < -0.3 is 10.6 Å². The number of amides is 1. The van der Waals surface area contributed by atoms with E-state index >= 15 is 0 Å². The Morgan fingerprint density at radius 1 is 1.00 bits per heavy atom. The number of halogens is 1. The van der Waals surface area contributed by atoms with Gasteiger partial charge in [0.25, 0.3) is 5.91 Å². The molecule has 0 spiro atoms. The van der Waals surface area contributed by atoms with E-state index in [4.69, 9.17) is 0 Å². The number of rotatable bonds is 8. The number of hydrogen-bond donors (Lipinski definition) is 2. The molecule has 2 aromatic carbocycles. The Morgan fingerprint density at radius 3 is 2.35 bits per heavy atom. The van der Waals surface area contributed by atoms with Gasteiger partial charge in [0.05, 0.1) is 0 Å². The van der Waals surface area contributed by atoms with Crippen LogP contribution in [-0.2, 0) is 5.75 Å². The van der Waals surface area contributed by atoms with E-state index in [0.29, 0.717) is 12.1 Å². The van der Waals surface area contributed by atoms with Gasteiger partial charge in [0.15, 0.2) is 0 Å². The molecule has 5 heteroatoms. The van der Waals surface area contributed by atoms with Gasteiger partial charge in [-0.15, -0.1) is 24.2 Å². The first-order chi connectivity index (χ1) is 10.8. The molecule has 0 aliphatic rings. The summed E-state index contributed by atoms with van der Waals surface area (Å²) in [5.74, 6) is 0.937. The number of hydrogen-bond acceptors (Lipinski definition) is 3. The van der Waals surface area contributed by atoms with Crippen LogP contribution < -0.4 is 10.6 Å². The zero-order chi connectivity index (χ0) is 15.6. The molecule has 0 heterocycles. The van der Waals surface area contributed by atoms with Gasteiger partial charge in [-0.2, -0.15) is 0 Å². The minimum absolute atomic E-state index is 0. The Balaban J connectivity index is 0.00000264. The van der Waals surface area contributed by atoms with E-state index in [1.165, 1.54) is 10.5 Å². The van der Waals surface area contributed by atoms with Crippen LogP contribution in [0, 0.1) is 0 Å². The molecule has 0 bridgehead atoms. The Bertz CT molecular complexity index is 575. The Kier molecular flexibility index (Phi) is 9.45. The normalized spacial score (nSPS) is 9.96. The topological polar surface area (TPSA) is 41.1 Å². The Morgan fingerprint density at radius 2 is 1.70 bits per heavy atom. The Labute approximate surface area is 148 Å². The monoisotopic (exact) mass is 350 g/mol. The van der Waals surface area contributed by atoms with Gasteiger partial charge in [0.1, 0.15) is 0 Å². The van der Waals surface area contributed by atoms with Crippen LogP contribution in [0.3, 0.4) is 0 Å². The molecule has 1 amide bonds. The lowest BCUT2D eigenvalue weighted by Crippen LogP contribution is -2.26. The van der Waals surface area contributed by atoms with Crippen molar-refractivity contribution in [2.45, 2.75) is 17.1 Å². The van der Waals surface area contributed by atoms with Gasteiger partial charge in [-0.05, 0) is 49.8 Å². The fourth-order valence-corrected chi connectivity index (χ4v) is 2.87. The standard InChI is InChI=1S/C18H22N2OS.ClH/c1-19-12-5-13-20-18(21)16-8-10-17(11-9-16)22-14-15-6-3-2-4-7-15;/h2-4,6-11,19H,5,12-14H2,1H3,(H,20,21);1H. The highest BCUT2D eigenvalue weighted by atomic mass is 35.5. The summed E-state index contributed by atoms with van der Waals surface area (Å²) in [7, 11) is 1.91. The average Bonchev–Trinajstić information content (AvgIpc) is 2.58. The molecule has 2 N–H and O–H groups in total. The summed E-state index contributed by atoms with van der Waals surface area (Å²) in [5, 5.41) is 5.99. The zero-order valence-corrected chi connectivity index (χ0v) is 14.9. The molecule has 0 saturated heterocycles. The van der Waals surface area contributed by atoms with Crippen molar-refractivity contribution in [3.63, 3.8) is 0 Å². The van der Waals surface area contributed by atoms with E-state index in [-0.39, 0.29) is 18.3 Å². The minimum atomic E-state index is -0.00397. The second-order valence-electron chi connectivity index (χ2n) is 5.01. The second-order valence-corrected chi connectivity index (χ2v) is 6.06. The fourth-order valence-electron chi connectivity index (χ4n) is 2.01. The molecule has 23 heavy (non-hydrogen) atoms. The van der Waals surface area contributed by atoms with Crippen LogP contribution >= 0.6 is 24.2 Å². The third-order valence-corrected chi connectivity index (χ3v) is 4.34. The fraction of sp³-hybridized carbons (Fsp3) is 0.278. The molecule has 0 unspecified atom stereocenters. The molecule has 0 saturated carbocycles. The molecule has 0 aliphatic heterocycles. The molecule has 0 atom stereocenters. The largest absolute Gasteiger partial charge is 0.352 e. The molecule has 3 nitrogen and oxygen atoms in total. The quantitative estimate of drug-likeness (QED) is 0.563. The molecular formula is C18H23ClN2OS. The maximum atomic E-state index is 12.0. The highest BCUT2D eigenvalue weighted by Crippen LogP contribution is 2.22. The number of nitrogens with one attached hydrogen (secondary N) is 2. The van der Waals surface area contributed by atoms with Crippen LogP contribution in [0.2, 0.25) is 0 Å². The summed E-state index contributed by atoms with van der Waals surface area (Å²) in [5.41, 5.74) is 2.02. The summed E-state index contributed by atoms with van der Waals surface area (Å²) in [6, 6.07) is 18.2. The van der Waals surface area contributed by atoms with Gasteiger partial charge >= 0.3 is 0 Å². The van der Waals surface area contributed by atoms with Crippen molar-refractivity contribution < 1.29 is 4.79 Å². The average molecular weight is 351 g/mol. The first-order valence-electron chi connectivity index (χ1n) is 7.49. The van der Waals surface area contributed by atoms with Crippen molar-refractivity contribution in [2.24, 2.45) is 0 Å². The van der Waals surface area contributed by atoms with Crippen LogP contribution in [0.15, 0.2) is 59.5 Å². The predicted molar refractivity (Wildman–Crippen MR) is 101 cm³/mol. The molecule has 0 aromatic heterocycles. The SMILES string of the molecule is CNCCCNC(=O)c1ccc(SCc2ccccc2)cc1.Cl. The van der Waals surface area contributed by atoms with E-state index in [2.05, 4.69) is 34.9 Å². The van der Waals surface area contributed by atoms with Crippen LogP contribution in [-0.4, -0.2) is 26.0 Å². The van der Waals surface area contributed by atoms with Gasteiger partial charge in [-0.25, -0.2) is 0 Å². The summed E-state index contributed by atoms with van der Waals surface area (Å²) in [6.07, 6.45) is 0.938. The molecule has 2 aromatic rings. The van der Waals surface area contributed by atoms with Crippen LogP contribution in [0.4, 0.5) is 0 Å². The van der Waals surface area contributed by atoms with Gasteiger partial charge in [-0.3, -0.25) is 4.79 Å². The minimum Gasteiger partial charge on any atom is -0.352 e. The first kappa shape index (κ1) is 19.6. The number of carbonyl (C=O) groups is 1. The van der Waals surface area contributed by atoms with E-state index in [1.54, 1.807) is 11.8 Å². The van der Waals surface area contributed by atoms with Crippen LogP contribution in [0.5, 0.6) is 0 Å². The number of carbonyl (C=O) groups excluding carboxylic acids is 1. The molecule has 0 radical (unpaired) electrons. The van der Waals surface area contributed by atoms with E-state index in [1.807, 2.05) is 37.4 Å². The zero-order valence-electron chi connectivity index (χ0n) is 13.2. The third-order valence-electron chi connectivity index (χ3n) is 3.25. The number of thioether (sulfide) groups is 1. The lowest BCUT2D eigenvalue weighted by atomic mass is 10.2. The smallest absolute Gasteiger partial charge is 0.251 e. The van der Waals surface area contributed by atoms with Crippen molar-refractivity contribution in [1.29, 1.82) is 0 Å².